The van der Waals surface area contributed by atoms with Crippen LogP contribution in [0.15, 0.2) is 30.3 Å². The van der Waals surface area contributed by atoms with Gasteiger partial charge in [0.2, 0.25) is 0 Å². The van der Waals surface area contributed by atoms with Gasteiger partial charge in [0.25, 0.3) is 0 Å². The highest BCUT2D eigenvalue weighted by Gasteiger charge is 2.16. The lowest BCUT2D eigenvalue weighted by atomic mass is 9.99. The van der Waals surface area contributed by atoms with Crippen LogP contribution in [0.2, 0.25) is 0 Å². The van der Waals surface area contributed by atoms with Crippen molar-refractivity contribution < 1.29 is 9.84 Å². The zero-order chi connectivity index (χ0) is 19.4. The Balaban J connectivity index is 2.10. The number of rotatable bonds is 3. The molecule has 1 aliphatic heterocycles. The molecule has 0 atom stereocenters. The Morgan fingerprint density at radius 1 is 1.19 bits per heavy atom. The van der Waals surface area contributed by atoms with E-state index in [1.54, 1.807) is 13.8 Å². The molecular formula is C22H27N3O2. The van der Waals surface area contributed by atoms with E-state index in [-0.39, 0.29) is 0 Å². The molecule has 1 saturated heterocycles. The molecule has 5 heteroatoms. The molecule has 0 spiro atoms. The molecule has 2 aromatic rings. The van der Waals surface area contributed by atoms with Gasteiger partial charge in [0.15, 0.2) is 0 Å². The number of aliphatic hydroxyl groups is 1. The van der Waals surface area contributed by atoms with Gasteiger partial charge in [0.1, 0.15) is 17.1 Å². The third kappa shape index (κ3) is 5.00. The summed E-state index contributed by atoms with van der Waals surface area (Å²) in [4.78, 5) is 6.95. The minimum absolute atomic E-state index is 0.658. The van der Waals surface area contributed by atoms with Crippen LogP contribution in [0.4, 0.5) is 11.5 Å². The first kappa shape index (κ1) is 19.2. The Kier molecular flexibility index (Phi) is 5.69. The van der Waals surface area contributed by atoms with Gasteiger partial charge in [-0.3, -0.25) is 0 Å². The molecule has 2 N–H and O–H groups in total. The second-order valence-electron chi connectivity index (χ2n) is 7.29. The van der Waals surface area contributed by atoms with Gasteiger partial charge < -0.3 is 20.1 Å². The molecule has 142 valence electrons. The van der Waals surface area contributed by atoms with E-state index in [2.05, 4.69) is 53.2 Å². The smallest absolute Gasteiger partial charge is 0.130 e. The van der Waals surface area contributed by atoms with E-state index in [4.69, 9.17) is 9.72 Å². The average molecular weight is 365 g/mol. The zero-order valence-electron chi connectivity index (χ0n) is 16.5. The summed E-state index contributed by atoms with van der Waals surface area (Å²) in [6.45, 7) is 8.47. The first-order chi connectivity index (χ1) is 12.9. The van der Waals surface area contributed by atoms with Crippen molar-refractivity contribution in [2.24, 2.45) is 0 Å². The monoisotopic (exact) mass is 365 g/mol. The Hall–Kier alpha value is -2.55. The largest absolute Gasteiger partial charge is 0.388 e. The normalized spacial score (nSPS) is 14.5. The highest BCUT2D eigenvalue weighted by atomic mass is 16.5. The molecule has 0 unspecified atom stereocenters. The lowest BCUT2D eigenvalue weighted by molar-refractivity contribution is 0.122. The Morgan fingerprint density at radius 3 is 2.59 bits per heavy atom. The molecular weight excluding hydrogens is 338 g/mol. The number of nitrogens with one attached hydrogen (secondary N) is 1. The van der Waals surface area contributed by atoms with Crippen LogP contribution in [0.5, 0.6) is 0 Å². The lowest BCUT2D eigenvalue weighted by Gasteiger charge is -2.28. The van der Waals surface area contributed by atoms with Gasteiger partial charge in [0, 0.05) is 25.8 Å². The maximum absolute atomic E-state index is 9.96. The van der Waals surface area contributed by atoms with Crippen LogP contribution in [0, 0.1) is 18.8 Å². The quantitative estimate of drug-likeness (QED) is 0.819. The van der Waals surface area contributed by atoms with Gasteiger partial charge in [-0.05, 0) is 67.6 Å². The summed E-state index contributed by atoms with van der Waals surface area (Å²) in [7, 11) is 1.92. The third-order valence-corrected chi connectivity index (χ3v) is 4.48. The predicted molar refractivity (Wildman–Crippen MR) is 110 cm³/mol. The Labute approximate surface area is 161 Å². The van der Waals surface area contributed by atoms with Crippen molar-refractivity contribution in [1.82, 2.24) is 4.98 Å². The minimum atomic E-state index is -1.06. The van der Waals surface area contributed by atoms with Crippen LogP contribution in [-0.4, -0.2) is 49.0 Å². The molecule has 0 amide bonds. The van der Waals surface area contributed by atoms with Crippen molar-refractivity contribution in [3.05, 3.63) is 41.6 Å². The topological polar surface area (TPSA) is 57.6 Å². The van der Waals surface area contributed by atoms with E-state index in [1.807, 2.05) is 13.1 Å². The average Bonchev–Trinajstić information content (AvgIpc) is 2.67. The number of benzene rings is 1. The van der Waals surface area contributed by atoms with Gasteiger partial charge in [-0.25, -0.2) is 4.98 Å². The first-order valence-corrected chi connectivity index (χ1v) is 9.25. The van der Waals surface area contributed by atoms with Crippen molar-refractivity contribution in [2.45, 2.75) is 26.4 Å². The highest BCUT2D eigenvalue weighted by Crippen LogP contribution is 2.30. The van der Waals surface area contributed by atoms with Gasteiger partial charge >= 0.3 is 0 Å². The second-order valence-corrected chi connectivity index (χ2v) is 7.29. The summed E-state index contributed by atoms with van der Waals surface area (Å²) >= 11 is 0. The number of morpholine rings is 1. The second kappa shape index (κ2) is 7.99. The molecule has 0 saturated carbocycles. The summed E-state index contributed by atoms with van der Waals surface area (Å²) in [6, 6.07) is 10.4. The molecule has 1 fully saturated rings. The number of aromatic nitrogens is 1. The molecule has 0 bridgehead atoms. The van der Waals surface area contributed by atoms with Crippen molar-refractivity contribution in [3.8, 4) is 23.0 Å². The van der Waals surface area contributed by atoms with E-state index < -0.39 is 5.60 Å². The van der Waals surface area contributed by atoms with E-state index in [0.29, 0.717) is 18.9 Å². The van der Waals surface area contributed by atoms with Crippen LogP contribution in [0.25, 0.3) is 11.1 Å². The summed E-state index contributed by atoms with van der Waals surface area (Å²) in [5, 5.41) is 13.2. The van der Waals surface area contributed by atoms with E-state index in [1.165, 1.54) is 5.56 Å². The predicted octanol–water partition coefficient (Wildman–Crippen LogP) is 3.06. The molecule has 1 aromatic carbocycles. The number of anilines is 2. The summed E-state index contributed by atoms with van der Waals surface area (Å²) < 4.78 is 5.47. The van der Waals surface area contributed by atoms with Crippen LogP contribution < -0.4 is 10.2 Å². The number of aryl methyl sites for hydroxylation is 1. The zero-order valence-corrected chi connectivity index (χ0v) is 16.5. The van der Waals surface area contributed by atoms with E-state index >= 15 is 0 Å². The van der Waals surface area contributed by atoms with Crippen LogP contribution in [0.1, 0.15) is 25.1 Å². The van der Waals surface area contributed by atoms with Crippen LogP contribution in [-0.2, 0) is 4.74 Å². The number of ether oxygens (including phenoxy) is 1. The standard InChI is InChI=1S/C22H27N3O2/c1-16-5-6-18(23-4)15-20(16)17-13-19(7-8-22(2,3)26)24-21(14-17)25-9-11-27-12-10-25/h5-6,13-15,23,26H,9-12H2,1-4H3. The fourth-order valence-electron chi connectivity index (χ4n) is 3.00. The maximum atomic E-state index is 9.96. The molecule has 1 aliphatic rings. The van der Waals surface area contributed by atoms with Crippen molar-refractivity contribution in [1.29, 1.82) is 0 Å². The summed E-state index contributed by atoms with van der Waals surface area (Å²) in [5.74, 6) is 6.80. The van der Waals surface area contributed by atoms with Crippen LogP contribution >= 0.6 is 0 Å². The number of nitrogens with zero attached hydrogens (tertiary/aromatic N) is 2. The number of pyridine rings is 1. The fourth-order valence-corrected chi connectivity index (χ4v) is 3.00. The lowest BCUT2D eigenvalue weighted by Crippen LogP contribution is -2.36. The molecule has 0 radical (unpaired) electrons. The minimum Gasteiger partial charge on any atom is -0.388 e. The Morgan fingerprint density at radius 2 is 1.93 bits per heavy atom. The summed E-state index contributed by atoms with van der Waals surface area (Å²) in [5.41, 5.74) is 4.06. The van der Waals surface area contributed by atoms with Crippen molar-refractivity contribution in [2.75, 3.05) is 43.6 Å². The van der Waals surface area contributed by atoms with Crippen molar-refractivity contribution in [3.63, 3.8) is 0 Å². The van der Waals surface area contributed by atoms with Gasteiger partial charge in [-0.2, -0.15) is 0 Å². The third-order valence-electron chi connectivity index (χ3n) is 4.48. The molecule has 2 heterocycles. The SMILES string of the molecule is CNc1ccc(C)c(-c2cc(C#CC(C)(C)O)nc(N3CCOCC3)c2)c1. The highest BCUT2D eigenvalue weighted by molar-refractivity contribution is 5.74. The maximum Gasteiger partial charge on any atom is 0.130 e. The summed E-state index contributed by atoms with van der Waals surface area (Å²) in [6.07, 6.45) is 0. The van der Waals surface area contributed by atoms with E-state index in [9.17, 15) is 5.11 Å². The Bertz CT molecular complexity index is 869. The molecule has 5 nitrogen and oxygen atoms in total. The first-order valence-electron chi connectivity index (χ1n) is 9.25. The molecule has 1 aromatic heterocycles. The van der Waals surface area contributed by atoms with Gasteiger partial charge in [0.05, 0.1) is 13.2 Å². The van der Waals surface area contributed by atoms with Gasteiger partial charge in [-0.1, -0.05) is 12.0 Å². The van der Waals surface area contributed by atoms with Gasteiger partial charge in [-0.15, -0.1) is 0 Å². The van der Waals surface area contributed by atoms with E-state index in [0.717, 1.165) is 35.7 Å². The van der Waals surface area contributed by atoms with Crippen LogP contribution in [0.3, 0.4) is 0 Å². The molecule has 27 heavy (non-hydrogen) atoms. The van der Waals surface area contributed by atoms with Crippen molar-refractivity contribution >= 4 is 11.5 Å². The molecule has 3 rings (SSSR count). The number of hydrogen-bond donors (Lipinski definition) is 2. The molecule has 0 aliphatic carbocycles. The fraction of sp³-hybridized carbons (Fsp3) is 0.409. The number of hydrogen-bond acceptors (Lipinski definition) is 5.